The lowest BCUT2D eigenvalue weighted by molar-refractivity contribution is 0.305. The summed E-state index contributed by atoms with van der Waals surface area (Å²) in [5.41, 5.74) is 8.15. The van der Waals surface area contributed by atoms with Crippen molar-refractivity contribution in [3.63, 3.8) is 0 Å². The normalized spacial score (nSPS) is 15.1. The Morgan fingerprint density at radius 3 is 2.54 bits per heavy atom. The van der Waals surface area contributed by atoms with Crippen molar-refractivity contribution in [3.8, 4) is 11.5 Å². The van der Waals surface area contributed by atoms with E-state index in [0.29, 0.717) is 23.6 Å². The Hall–Kier alpha value is -2.54. The molecule has 0 aromatic heterocycles. The number of anilines is 1. The standard InChI is InChI=1S/C15H15N3O3S.C2H6/c1-20-11-7-5-10(6-8-11)9-21-13-4-2-3-12-14(13)15(16)18-22(19)17-12;1-2/h2-8,17H,9H2,1H3,(H2,16,18);1-2H3. The zero-order valence-corrected chi connectivity index (χ0v) is 14.7. The number of nitrogens with one attached hydrogen (secondary N) is 1. The number of hydrogen-bond acceptors (Lipinski definition) is 4. The van der Waals surface area contributed by atoms with Gasteiger partial charge in [-0.15, -0.1) is 0 Å². The van der Waals surface area contributed by atoms with Crippen molar-refractivity contribution in [2.45, 2.75) is 20.5 Å². The van der Waals surface area contributed by atoms with E-state index in [-0.39, 0.29) is 5.84 Å². The third-order valence-corrected chi connectivity index (χ3v) is 3.97. The van der Waals surface area contributed by atoms with Gasteiger partial charge < -0.3 is 15.2 Å². The molecule has 0 radical (unpaired) electrons. The second-order valence-corrected chi connectivity index (χ2v) is 5.53. The van der Waals surface area contributed by atoms with Crippen molar-refractivity contribution < 1.29 is 13.7 Å². The van der Waals surface area contributed by atoms with Crippen LogP contribution in [0.5, 0.6) is 11.5 Å². The van der Waals surface area contributed by atoms with E-state index >= 15 is 0 Å². The Bertz CT molecular complexity index is 745. The molecule has 1 aliphatic heterocycles. The highest BCUT2D eigenvalue weighted by molar-refractivity contribution is 7.85. The highest BCUT2D eigenvalue weighted by Crippen LogP contribution is 2.30. The first kappa shape index (κ1) is 17.8. The highest BCUT2D eigenvalue weighted by Gasteiger charge is 2.20. The van der Waals surface area contributed by atoms with Crippen LogP contribution < -0.4 is 19.9 Å². The van der Waals surface area contributed by atoms with Crippen LogP contribution in [0.3, 0.4) is 0 Å². The summed E-state index contributed by atoms with van der Waals surface area (Å²) in [4.78, 5) is 0. The van der Waals surface area contributed by atoms with Crippen molar-refractivity contribution in [1.82, 2.24) is 0 Å². The molecule has 0 spiro atoms. The van der Waals surface area contributed by atoms with Crippen LogP contribution in [-0.4, -0.2) is 17.2 Å². The molecule has 1 heterocycles. The number of rotatable bonds is 4. The van der Waals surface area contributed by atoms with Gasteiger partial charge in [-0.3, -0.25) is 4.72 Å². The molecule has 1 atom stereocenters. The van der Waals surface area contributed by atoms with Gasteiger partial charge >= 0.3 is 0 Å². The minimum absolute atomic E-state index is 0.206. The predicted molar refractivity (Wildman–Crippen MR) is 97.6 cm³/mol. The van der Waals surface area contributed by atoms with Crippen LogP contribution in [0.25, 0.3) is 0 Å². The summed E-state index contributed by atoms with van der Waals surface area (Å²) in [5, 5.41) is 0. The zero-order chi connectivity index (χ0) is 17.5. The van der Waals surface area contributed by atoms with Crippen LogP contribution >= 0.6 is 0 Å². The van der Waals surface area contributed by atoms with Crippen molar-refractivity contribution in [3.05, 3.63) is 53.6 Å². The number of fused-ring (bicyclic) bond motifs is 1. The van der Waals surface area contributed by atoms with Crippen LogP contribution in [0.4, 0.5) is 5.69 Å². The van der Waals surface area contributed by atoms with Crippen LogP contribution in [0.15, 0.2) is 46.9 Å². The van der Waals surface area contributed by atoms with E-state index in [2.05, 4.69) is 9.12 Å². The Morgan fingerprint density at radius 1 is 1.17 bits per heavy atom. The van der Waals surface area contributed by atoms with E-state index in [4.69, 9.17) is 15.2 Å². The third kappa shape index (κ3) is 4.05. The van der Waals surface area contributed by atoms with Gasteiger partial charge in [0.2, 0.25) is 11.2 Å². The average Bonchev–Trinajstić information content (AvgIpc) is 2.61. The summed E-state index contributed by atoms with van der Waals surface area (Å²) in [6, 6.07) is 13.0. The van der Waals surface area contributed by atoms with Gasteiger partial charge in [0.25, 0.3) is 0 Å². The Labute approximate surface area is 144 Å². The van der Waals surface area contributed by atoms with Crippen molar-refractivity contribution in [1.29, 1.82) is 0 Å². The van der Waals surface area contributed by atoms with Crippen molar-refractivity contribution >= 4 is 22.7 Å². The fraction of sp³-hybridized carbons (Fsp3) is 0.235. The van der Waals surface area contributed by atoms with Gasteiger partial charge in [-0.25, -0.2) is 4.21 Å². The monoisotopic (exact) mass is 347 g/mol. The molecule has 7 heteroatoms. The molecule has 1 unspecified atom stereocenters. The minimum Gasteiger partial charge on any atom is -0.497 e. The van der Waals surface area contributed by atoms with Gasteiger partial charge in [0.1, 0.15) is 23.9 Å². The second kappa shape index (κ2) is 8.35. The molecule has 3 N–H and O–H groups in total. The largest absolute Gasteiger partial charge is 0.497 e. The third-order valence-electron chi connectivity index (χ3n) is 3.21. The van der Waals surface area contributed by atoms with Crippen LogP contribution in [0.1, 0.15) is 25.0 Å². The number of methoxy groups -OCH3 is 1. The number of nitrogens with zero attached hydrogens (tertiary/aromatic N) is 1. The van der Waals surface area contributed by atoms with Gasteiger partial charge in [-0.1, -0.05) is 32.0 Å². The maximum atomic E-state index is 11.5. The van der Waals surface area contributed by atoms with Crippen molar-refractivity contribution in [2.75, 3.05) is 11.8 Å². The topological polar surface area (TPSA) is 85.9 Å². The lowest BCUT2D eigenvalue weighted by Gasteiger charge is -2.18. The molecular weight excluding hydrogens is 326 g/mol. The molecule has 0 amide bonds. The van der Waals surface area contributed by atoms with Crippen molar-refractivity contribution in [2.24, 2.45) is 10.1 Å². The first-order valence-corrected chi connectivity index (χ1v) is 8.70. The summed E-state index contributed by atoms with van der Waals surface area (Å²) in [6.45, 7) is 4.39. The second-order valence-electron chi connectivity index (χ2n) is 4.64. The van der Waals surface area contributed by atoms with E-state index in [0.717, 1.165) is 11.3 Å². The minimum atomic E-state index is -1.54. The number of nitrogens with two attached hydrogens (primary N) is 1. The van der Waals surface area contributed by atoms with Gasteiger partial charge in [0.05, 0.1) is 18.4 Å². The van der Waals surface area contributed by atoms with Gasteiger partial charge in [-0.2, -0.15) is 4.40 Å². The van der Waals surface area contributed by atoms with E-state index in [9.17, 15) is 4.21 Å². The van der Waals surface area contributed by atoms with E-state index < -0.39 is 11.2 Å². The molecule has 1 aliphatic rings. The van der Waals surface area contributed by atoms with Crippen LogP contribution in [0, 0.1) is 0 Å². The van der Waals surface area contributed by atoms with Crippen LogP contribution in [0.2, 0.25) is 0 Å². The molecule has 0 bridgehead atoms. The maximum Gasteiger partial charge on any atom is 0.245 e. The summed E-state index contributed by atoms with van der Waals surface area (Å²) < 4.78 is 29.0. The summed E-state index contributed by atoms with van der Waals surface area (Å²) in [5.74, 6) is 1.60. The van der Waals surface area contributed by atoms with E-state index in [1.54, 1.807) is 19.2 Å². The molecule has 0 aliphatic carbocycles. The van der Waals surface area contributed by atoms with Gasteiger partial charge in [-0.05, 0) is 29.8 Å². The summed E-state index contributed by atoms with van der Waals surface area (Å²) in [6.07, 6.45) is 0. The summed E-state index contributed by atoms with van der Waals surface area (Å²) in [7, 11) is 1.63. The number of amidine groups is 1. The fourth-order valence-corrected chi connectivity index (χ4v) is 2.81. The highest BCUT2D eigenvalue weighted by atomic mass is 32.2. The van der Waals surface area contributed by atoms with Crippen LogP contribution in [-0.2, 0) is 17.8 Å². The number of benzene rings is 2. The lowest BCUT2D eigenvalue weighted by atomic mass is 10.1. The first-order chi connectivity index (χ1) is 11.7. The Balaban J connectivity index is 0.00000100. The number of ether oxygens (including phenoxy) is 2. The Kier molecular flexibility index (Phi) is 6.20. The SMILES string of the molecule is CC.COc1ccc(COc2cccc3c2C(N)=NS(=O)N3)cc1. The molecule has 0 fully saturated rings. The molecule has 3 rings (SSSR count). The number of hydrogen-bond donors (Lipinski definition) is 2. The summed E-state index contributed by atoms with van der Waals surface area (Å²) >= 11 is -1.54. The van der Waals surface area contributed by atoms with Gasteiger partial charge in [0.15, 0.2) is 0 Å². The smallest absolute Gasteiger partial charge is 0.245 e. The average molecular weight is 347 g/mol. The lowest BCUT2D eigenvalue weighted by Crippen LogP contribution is -2.23. The molecule has 0 saturated heterocycles. The molecule has 24 heavy (non-hydrogen) atoms. The molecule has 0 saturated carbocycles. The van der Waals surface area contributed by atoms with E-state index in [1.807, 2.05) is 44.2 Å². The quantitative estimate of drug-likeness (QED) is 0.890. The van der Waals surface area contributed by atoms with Gasteiger partial charge in [0, 0.05) is 0 Å². The zero-order valence-electron chi connectivity index (χ0n) is 13.9. The molecule has 6 nitrogen and oxygen atoms in total. The Morgan fingerprint density at radius 2 is 1.88 bits per heavy atom. The maximum absolute atomic E-state index is 11.5. The molecule has 2 aromatic carbocycles. The molecular formula is C17H21N3O3S. The first-order valence-electron chi connectivity index (χ1n) is 7.59. The fourth-order valence-electron chi connectivity index (χ4n) is 2.14. The van der Waals surface area contributed by atoms with E-state index in [1.165, 1.54) is 0 Å². The molecule has 2 aromatic rings. The molecule has 128 valence electrons. The predicted octanol–water partition coefficient (Wildman–Crippen LogP) is 3.01.